The van der Waals surface area contributed by atoms with Crippen molar-refractivity contribution in [1.29, 1.82) is 5.26 Å². The number of nitrogens with zero attached hydrogens (tertiary/aromatic N) is 2. The zero-order valence-electron chi connectivity index (χ0n) is 10.3. The molecule has 96 valence electrons. The summed E-state index contributed by atoms with van der Waals surface area (Å²) in [5, 5.41) is 8.52. The maximum atomic E-state index is 11.9. The number of nitriles is 1. The lowest BCUT2D eigenvalue weighted by atomic mass is 10.1. The van der Waals surface area contributed by atoms with E-state index in [2.05, 4.69) is 0 Å². The van der Waals surface area contributed by atoms with Gasteiger partial charge in [0.15, 0.2) is 0 Å². The largest absolute Gasteiger partial charge is 0.370 e. The van der Waals surface area contributed by atoms with E-state index in [4.69, 9.17) is 16.7 Å². The zero-order valence-corrected chi connectivity index (χ0v) is 10.3. The molecule has 0 aromatic heterocycles. The fraction of sp³-hybridized carbons (Fsp3) is 0.727. The van der Waals surface area contributed by atoms with E-state index in [1.165, 1.54) is 4.90 Å². The van der Waals surface area contributed by atoms with E-state index in [-0.39, 0.29) is 24.7 Å². The van der Waals surface area contributed by atoms with Crippen LogP contribution in [0.3, 0.4) is 0 Å². The Morgan fingerprint density at radius 3 is 2.41 bits per heavy atom. The van der Waals surface area contributed by atoms with Crippen molar-refractivity contribution in [3.05, 3.63) is 0 Å². The molecule has 0 saturated carbocycles. The summed E-state index contributed by atoms with van der Waals surface area (Å²) in [6.07, 6.45) is 0.0851. The molecule has 0 aromatic rings. The molecule has 1 unspecified atom stereocenters. The molecular weight excluding hydrogens is 220 g/mol. The third-order valence-corrected chi connectivity index (χ3v) is 2.13. The SMILES string of the molecule is CC(C)CN(CCC#N)C(=O)C(N)CC(N)=O. The lowest BCUT2D eigenvalue weighted by molar-refractivity contribution is -0.135. The van der Waals surface area contributed by atoms with Crippen LogP contribution in [0.1, 0.15) is 26.7 Å². The van der Waals surface area contributed by atoms with Gasteiger partial charge in [-0.15, -0.1) is 0 Å². The van der Waals surface area contributed by atoms with E-state index in [1.807, 2.05) is 19.9 Å². The third kappa shape index (κ3) is 6.53. The van der Waals surface area contributed by atoms with Crippen LogP contribution in [0, 0.1) is 17.2 Å². The summed E-state index contributed by atoms with van der Waals surface area (Å²) in [6.45, 7) is 4.78. The summed E-state index contributed by atoms with van der Waals surface area (Å²) < 4.78 is 0. The van der Waals surface area contributed by atoms with Gasteiger partial charge < -0.3 is 16.4 Å². The summed E-state index contributed by atoms with van der Waals surface area (Å²) in [5.74, 6) is -0.651. The normalized spacial score (nSPS) is 11.9. The Kier molecular flexibility index (Phi) is 6.91. The average molecular weight is 240 g/mol. The number of nitrogens with two attached hydrogens (primary N) is 2. The highest BCUT2D eigenvalue weighted by Gasteiger charge is 2.22. The standard InChI is InChI=1S/C11H20N4O2/c1-8(2)7-15(5-3-4-12)11(17)9(13)6-10(14)16/h8-9H,3,5-7,13H2,1-2H3,(H2,14,16). The topological polar surface area (TPSA) is 113 Å². The fourth-order valence-corrected chi connectivity index (χ4v) is 1.46. The van der Waals surface area contributed by atoms with Crippen molar-refractivity contribution >= 4 is 11.8 Å². The molecule has 0 fully saturated rings. The average Bonchev–Trinajstić information content (AvgIpc) is 2.21. The summed E-state index contributed by atoms with van der Waals surface area (Å²) >= 11 is 0. The van der Waals surface area contributed by atoms with Crippen LogP contribution >= 0.6 is 0 Å². The molecule has 0 radical (unpaired) electrons. The van der Waals surface area contributed by atoms with Gasteiger partial charge in [-0.3, -0.25) is 9.59 Å². The molecule has 0 bridgehead atoms. The summed E-state index contributed by atoms with van der Waals surface area (Å²) in [5.41, 5.74) is 10.6. The molecule has 0 spiro atoms. The molecule has 0 heterocycles. The quantitative estimate of drug-likeness (QED) is 0.629. The van der Waals surface area contributed by atoms with Crippen LogP contribution in [0.4, 0.5) is 0 Å². The Morgan fingerprint density at radius 1 is 1.41 bits per heavy atom. The third-order valence-electron chi connectivity index (χ3n) is 2.13. The molecule has 6 heteroatoms. The predicted octanol–water partition coefficient (Wildman–Crippen LogP) is -0.413. The molecule has 0 aromatic carbocycles. The van der Waals surface area contributed by atoms with Crippen molar-refractivity contribution in [2.24, 2.45) is 17.4 Å². The van der Waals surface area contributed by atoms with Gasteiger partial charge in [0.2, 0.25) is 11.8 Å². The molecular formula is C11H20N4O2. The Hall–Kier alpha value is -1.61. The van der Waals surface area contributed by atoms with Crippen molar-refractivity contribution in [2.75, 3.05) is 13.1 Å². The number of carbonyl (C=O) groups excluding carboxylic acids is 2. The lowest BCUT2D eigenvalue weighted by Crippen LogP contribution is -2.47. The number of amides is 2. The maximum absolute atomic E-state index is 11.9. The highest BCUT2D eigenvalue weighted by atomic mass is 16.2. The lowest BCUT2D eigenvalue weighted by Gasteiger charge is -2.26. The van der Waals surface area contributed by atoms with Gasteiger partial charge in [-0.2, -0.15) is 5.26 Å². The van der Waals surface area contributed by atoms with E-state index in [1.54, 1.807) is 0 Å². The van der Waals surface area contributed by atoms with Gasteiger partial charge in [-0.1, -0.05) is 13.8 Å². The van der Waals surface area contributed by atoms with Gasteiger partial charge in [-0.05, 0) is 5.92 Å². The second-order valence-electron chi connectivity index (χ2n) is 4.36. The van der Waals surface area contributed by atoms with E-state index in [0.29, 0.717) is 13.1 Å². The first kappa shape index (κ1) is 15.4. The van der Waals surface area contributed by atoms with Gasteiger partial charge in [0, 0.05) is 13.1 Å². The molecule has 0 aliphatic carbocycles. The smallest absolute Gasteiger partial charge is 0.240 e. The van der Waals surface area contributed by atoms with E-state index in [9.17, 15) is 9.59 Å². The molecule has 0 rings (SSSR count). The van der Waals surface area contributed by atoms with Crippen molar-refractivity contribution in [3.8, 4) is 6.07 Å². The zero-order chi connectivity index (χ0) is 13.4. The highest BCUT2D eigenvalue weighted by Crippen LogP contribution is 2.04. The first-order valence-corrected chi connectivity index (χ1v) is 5.58. The first-order chi connectivity index (χ1) is 7.88. The van der Waals surface area contributed by atoms with Crippen molar-refractivity contribution in [3.63, 3.8) is 0 Å². The number of rotatable bonds is 7. The van der Waals surface area contributed by atoms with Gasteiger partial charge in [0.05, 0.1) is 25.0 Å². The Balaban J connectivity index is 4.50. The van der Waals surface area contributed by atoms with Crippen LogP contribution in [-0.2, 0) is 9.59 Å². The van der Waals surface area contributed by atoms with Gasteiger partial charge in [0.1, 0.15) is 0 Å². The van der Waals surface area contributed by atoms with Crippen LogP contribution in [0.2, 0.25) is 0 Å². The van der Waals surface area contributed by atoms with Gasteiger partial charge in [0.25, 0.3) is 0 Å². The van der Waals surface area contributed by atoms with Gasteiger partial charge >= 0.3 is 0 Å². The molecule has 0 aliphatic rings. The minimum atomic E-state index is -0.912. The summed E-state index contributed by atoms with van der Waals surface area (Å²) in [4.78, 5) is 24.1. The minimum Gasteiger partial charge on any atom is -0.370 e. The number of carbonyl (C=O) groups is 2. The van der Waals surface area contributed by atoms with Crippen LogP contribution in [0.5, 0.6) is 0 Å². The van der Waals surface area contributed by atoms with Crippen LogP contribution in [-0.4, -0.2) is 35.8 Å². The van der Waals surface area contributed by atoms with Crippen LogP contribution < -0.4 is 11.5 Å². The molecule has 17 heavy (non-hydrogen) atoms. The second-order valence-corrected chi connectivity index (χ2v) is 4.36. The molecule has 1 atom stereocenters. The summed E-state index contributed by atoms with van der Waals surface area (Å²) in [7, 11) is 0. The molecule has 0 saturated heterocycles. The Labute approximate surface area is 102 Å². The second kappa shape index (κ2) is 7.63. The minimum absolute atomic E-state index is 0.167. The molecule has 4 N–H and O–H groups in total. The van der Waals surface area contributed by atoms with Crippen molar-refractivity contribution < 1.29 is 9.59 Å². The van der Waals surface area contributed by atoms with Crippen molar-refractivity contribution in [1.82, 2.24) is 4.90 Å². The molecule has 6 nitrogen and oxygen atoms in total. The number of primary amides is 1. The fourth-order valence-electron chi connectivity index (χ4n) is 1.46. The van der Waals surface area contributed by atoms with Crippen LogP contribution in [0.25, 0.3) is 0 Å². The summed E-state index contributed by atoms with van der Waals surface area (Å²) in [6, 6.07) is 1.07. The van der Waals surface area contributed by atoms with Gasteiger partial charge in [-0.25, -0.2) is 0 Å². The number of hydrogen-bond donors (Lipinski definition) is 2. The monoisotopic (exact) mass is 240 g/mol. The van der Waals surface area contributed by atoms with Crippen molar-refractivity contribution in [2.45, 2.75) is 32.7 Å². The van der Waals surface area contributed by atoms with E-state index >= 15 is 0 Å². The Morgan fingerprint density at radius 2 is 2.00 bits per heavy atom. The van der Waals surface area contributed by atoms with E-state index in [0.717, 1.165) is 0 Å². The number of hydrogen-bond acceptors (Lipinski definition) is 4. The van der Waals surface area contributed by atoms with Crippen LogP contribution in [0.15, 0.2) is 0 Å². The molecule has 0 aliphatic heterocycles. The molecule has 2 amide bonds. The van der Waals surface area contributed by atoms with E-state index < -0.39 is 11.9 Å². The Bertz CT molecular complexity index is 309. The first-order valence-electron chi connectivity index (χ1n) is 5.58. The predicted molar refractivity (Wildman–Crippen MR) is 63.4 cm³/mol. The maximum Gasteiger partial charge on any atom is 0.240 e. The highest BCUT2D eigenvalue weighted by molar-refractivity contribution is 5.87.